The molecule has 10 nitrogen and oxygen atoms in total. The summed E-state index contributed by atoms with van der Waals surface area (Å²) in [5, 5.41) is 36.1. The van der Waals surface area contributed by atoms with E-state index in [2.05, 4.69) is 27.4 Å². The van der Waals surface area contributed by atoms with Gasteiger partial charge in [0, 0.05) is 16.6 Å². The molecular formula is C25H34F10O10. The average molecular weight is 685 g/mol. The number of rotatable bonds is 8. The minimum atomic E-state index is -6.14. The van der Waals surface area contributed by atoms with Gasteiger partial charge >= 0.3 is 47.7 Å². The van der Waals surface area contributed by atoms with E-state index in [1.807, 2.05) is 0 Å². The molecular weight excluding hydrogens is 650 g/mol. The highest BCUT2D eigenvalue weighted by Gasteiger charge is 2.81. The second-order valence-corrected chi connectivity index (χ2v) is 11.6. The fourth-order valence-electron chi connectivity index (χ4n) is 2.94. The zero-order valence-corrected chi connectivity index (χ0v) is 24.9. The van der Waals surface area contributed by atoms with Crippen LogP contribution in [-0.2, 0) is 28.5 Å². The maximum Gasteiger partial charge on any atom is 0.449 e. The summed E-state index contributed by atoms with van der Waals surface area (Å²) >= 11 is 0. The van der Waals surface area contributed by atoms with Crippen molar-refractivity contribution in [2.24, 2.45) is 5.41 Å². The molecule has 1 rings (SSSR count). The standard InChI is InChI=1S/C15H21F5O5.C10H13F5O5/c1-8(2)9(21)23-7-12(6)13(16,17)14(22,15(18,19)20)25-10(24-12)11(3,4)5;1-5(2)6(16)20-4-7(3,17)8(11,12)9(18,19)10(13,14)15/h10,22H,1,7H2,2-6H3;17-19H,1,4H2,2-3H3. The number of aliphatic hydroxyl groups is 4. The Bertz CT molecular complexity index is 1130. The Kier molecular flexibility index (Phi) is 12.2. The molecule has 20 heteroatoms. The van der Waals surface area contributed by atoms with Crippen LogP contribution in [0.3, 0.4) is 0 Å². The van der Waals surface area contributed by atoms with Gasteiger partial charge in [0.2, 0.25) is 0 Å². The molecule has 0 amide bonds. The number of hydrogen-bond acceptors (Lipinski definition) is 10. The average Bonchev–Trinajstić information content (AvgIpc) is 2.82. The van der Waals surface area contributed by atoms with Crippen LogP contribution in [0.2, 0.25) is 0 Å². The van der Waals surface area contributed by atoms with Crippen LogP contribution in [0.5, 0.6) is 0 Å². The zero-order chi connectivity index (χ0) is 36.6. The second-order valence-electron chi connectivity index (χ2n) is 11.6. The summed E-state index contributed by atoms with van der Waals surface area (Å²) in [5.41, 5.74) is -8.28. The Hall–Kier alpha value is -2.52. The second kappa shape index (κ2) is 12.9. The highest BCUT2D eigenvalue weighted by molar-refractivity contribution is 5.87. The van der Waals surface area contributed by atoms with E-state index < -0.39 is 83.8 Å². The number of carbonyl (C=O) groups is 2. The third-order valence-corrected chi connectivity index (χ3v) is 6.00. The molecule has 0 aromatic heterocycles. The van der Waals surface area contributed by atoms with Crippen molar-refractivity contribution in [3.63, 3.8) is 0 Å². The quantitative estimate of drug-likeness (QED) is 0.128. The van der Waals surface area contributed by atoms with Gasteiger partial charge in [0.15, 0.2) is 17.5 Å². The normalized spacial score (nSPS) is 25.7. The monoisotopic (exact) mass is 684 g/mol. The summed E-state index contributed by atoms with van der Waals surface area (Å²) in [6, 6.07) is 0. The zero-order valence-electron chi connectivity index (χ0n) is 24.9. The Morgan fingerprint density at radius 2 is 1.22 bits per heavy atom. The van der Waals surface area contributed by atoms with Crippen molar-refractivity contribution < 1.29 is 92.9 Å². The van der Waals surface area contributed by atoms with Crippen LogP contribution in [-0.4, -0.2) is 98.8 Å². The molecule has 1 saturated heterocycles. The summed E-state index contributed by atoms with van der Waals surface area (Å²) in [4.78, 5) is 22.4. The van der Waals surface area contributed by atoms with Crippen LogP contribution in [0.4, 0.5) is 43.9 Å². The van der Waals surface area contributed by atoms with Gasteiger partial charge in [0.1, 0.15) is 13.2 Å². The molecule has 0 spiro atoms. The molecule has 1 fully saturated rings. The highest BCUT2D eigenvalue weighted by atomic mass is 19.4. The van der Waals surface area contributed by atoms with Crippen molar-refractivity contribution in [3.05, 3.63) is 24.3 Å². The van der Waals surface area contributed by atoms with Gasteiger partial charge in [-0.15, -0.1) is 0 Å². The van der Waals surface area contributed by atoms with Crippen molar-refractivity contribution in [3.8, 4) is 0 Å². The van der Waals surface area contributed by atoms with Gasteiger partial charge in [0.05, 0.1) is 0 Å². The molecule has 4 N–H and O–H groups in total. The lowest BCUT2D eigenvalue weighted by Gasteiger charge is -2.54. The summed E-state index contributed by atoms with van der Waals surface area (Å²) in [6.07, 6.45) is -13.8. The first kappa shape index (κ1) is 42.5. The van der Waals surface area contributed by atoms with Crippen LogP contribution in [0, 0.1) is 5.41 Å². The predicted octanol–water partition coefficient (Wildman–Crippen LogP) is 3.90. The summed E-state index contributed by atoms with van der Waals surface area (Å²) in [6.45, 7) is 10.7. The number of carbonyl (C=O) groups excluding carboxylic acids is 2. The van der Waals surface area contributed by atoms with E-state index in [0.29, 0.717) is 6.92 Å². The smallest absolute Gasteiger partial charge is 0.449 e. The van der Waals surface area contributed by atoms with E-state index in [1.165, 1.54) is 27.7 Å². The van der Waals surface area contributed by atoms with Crippen molar-refractivity contribution >= 4 is 11.9 Å². The van der Waals surface area contributed by atoms with Gasteiger partial charge in [-0.2, -0.15) is 43.9 Å². The maximum absolute atomic E-state index is 14.6. The van der Waals surface area contributed by atoms with E-state index in [-0.39, 0.29) is 18.1 Å². The number of alkyl halides is 10. The molecule has 4 unspecified atom stereocenters. The van der Waals surface area contributed by atoms with Crippen LogP contribution in [0.15, 0.2) is 24.3 Å². The van der Waals surface area contributed by atoms with E-state index in [9.17, 15) is 63.7 Å². The fraction of sp³-hybridized carbons (Fsp3) is 0.760. The molecule has 0 bridgehead atoms. The predicted molar refractivity (Wildman–Crippen MR) is 130 cm³/mol. The molecule has 1 heterocycles. The van der Waals surface area contributed by atoms with E-state index in [0.717, 1.165) is 6.92 Å². The lowest BCUT2D eigenvalue weighted by molar-refractivity contribution is -0.530. The number of halogens is 10. The lowest BCUT2D eigenvalue weighted by Crippen LogP contribution is -2.76. The molecule has 0 aromatic carbocycles. The largest absolute Gasteiger partial charge is 0.459 e. The Labute approximate surface area is 250 Å². The molecule has 1 aliphatic heterocycles. The first-order valence-corrected chi connectivity index (χ1v) is 12.3. The minimum absolute atomic E-state index is 0.141. The molecule has 0 radical (unpaired) electrons. The van der Waals surface area contributed by atoms with E-state index in [4.69, 9.17) is 14.9 Å². The van der Waals surface area contributed by atoms with Crippen molar-refractivity contribution in [1.29, 1.82) is 0 Å². The molecule has 4 atom stereocenters. The number of ether oxygens (including phenoxy) is 4. The molecule has 0 saturated carbocycles. The molecule has 0 aliphatic carbocycles. The first-order chi connectivity index (χ1) is 19.5. The third-order valence-electron chi connectivity index (χ3n) is 6.00. The SMILES string of the molecule is C=C(C)C(=O)OCC(C)(O)C(F)(F)C(O)(O)C(F)(F)F.C=C(C)C(=O)OCC1(C)OC(C(C)(C)C)OC(O)(C(F)(F)F)C1(F)F. The van der Waals surface area contributed by atoms with Gasteiger partial charge in [-0.1, -0.05) is 33.9 Å². The Balaban J connectivity index is 0.000000884. The third kappa shape index (κ3) is 8.45. The van der Waals surface area contributed by atoms with Crippen LogP contribution in [0.25, 0.3) is 0 Å². The summed E-state index contributed by atoms with van der Waals surface area (Å²) in [5.74, 6) is -23.1. The van der Waals surface area contributed by atoms with E-state index >= 15 is 0 Å². The topological polar surface area (TPSA) is 152 Å². The summed E-state index contributed by atoms with van der Waals surface area (Å²) < 4.78 is 150. The molecule has 0 aromatic rings. The summed E-state index contributed by atoms with van der Waals surface area (Å²) in [7, 11) is 0. The van der Waals surface area contributed by atoms with Crippen LogP contribution < -0.4 is 0 Å². The Morgan fingerprint density at radius 3 is 1.56 bits per heavy atom. The first-order valence-electron chi connectivity index (χ1n) is 12.3. The van der Waals surface area contributed by atoms with Crippen molar-refractivity contribution in [1.82, 2.24) is 0 Å². The van der Waals surface area contributed by atoms with Gasteiger partial charge in [-0.25, -0.2) is 9.59 Å². The maximum atomic E-state index is 14.6. The Morgan fingerprint density at radius 1 is 0.822 bits per heavy atom. The van der Waals surface area contributed by atoms with Crippen molar-refractivity contribution in [2.45, 2.75) is 102 Å². The van der Waals surface area contributed by atoms with Gasteiger partial charge in [0.25, 0.3) is 0 Å². The molecule has 45 heavy (non-hydrogen) atoms. The minimum Gasteiger partial charge on any atom is -0.459 e. The van der Waals surface area contributed by atoms with Crippen LogP contribution in [0.1, 0.15) is 48.5 Å². The number of esters is 2. The molecule has 264 valence electrons. The fourth-order valence-corrected chi connectivity index (χ4v) is 2.94. The highest BCUT2D eigenvalue weighted by Crippen LogP contribution is 2.55. The van der Waals surface area contributed by atoms with Gasteiger partial charge in [-0.3, -0.25) is 0 Å². The molecule has 1 aliphatic rings. The van der Waals surface area contributed by atoms with Gasteiger partial charge in [-0.05, 0) is 27.7 Å². The van der Waals surface area contributed by atoms with Gasteiger partial charge < -0.3 is 39.4 Å². The lowest BCUT2D eigenvalue weighted by atomic mass is 9.86. The van der Waals surface area contributed by atoms with E-state index in [1.54, 1.807) is 0 Å². The van der Waals surface area contributed by atoms with Crippen LogP contribution >= 0.6 is 0 Å². The number of hydrogen-bond donors (Lipinski definition) is 4. The van der Waals surface area contributed by atoms with Crippen molar-refractivity contribution in [2.75, 3.05) is 13.2 Å².